The molecule has 1 atom stereocenters. The van der Waals surface area contributed by atoms with Crippen LogP contribution in [0.3, 0.4) is 0 Å². The molecule has 0 aromatic heterocycles. The minimum atomic E-state index is -0.824. The molecule has 0 amide bonds. The van der Waals surface area contributed by atoms with Crippen molar-refractivity contribution in [3.63, 3.8) is 0 Å². The van der Waals surface area contributed by atoms with Gasteiger partial charge in [0.1, 0.15) is 0 Å². The van der Waals surface area contributed by atoms with Crippen molar-refractivity contribution in [2.24, 2.45) is 5.92 Å². The maximum absolute atomic E-state index is 10.8. The lowest BCUT2D eigenvalue weighted by Crippen LogP contribution is -2.13. The number of benzene rings is 2. The molecule has 4 N–H and O–H groups in total. The number of anilines is 1. The summed E-state index contributed by atoms with van der Waals surface area (Å²) in [6, 6.07) is 17.1. The molecule has 0 saturated heterocycles. The normalized spacial score (nSPS) is 15.5. The van der Waals surface area contributed by atoms with Gasteiger partial charge in [-0.1, -0.05) is 54.6 Å². The van der Waals surface area contributed by atoms with E-state index in [0.717, 1.165) is 22.4 Å². The minimum Gasteiger partial charge on any atom is -0.398 e. The first-order valence-electron chi connectivity index (χ1n) is 9.82. The third kappa shape index (κ3) is 5.60. The molecule has 1 unspecified atom stereocenters. The lowest BCUT2D eigenvalue weighted by molar-refractivity contribution is 0.229. The molecule has 0 bridgehead atoms. The van der Waals surface area contributed by atoms with Crippen molar-refractivity contribution in [2.75, 3.05) is 5.73 Å². The molecule has 148 valence electrons. The second-order valence-corrected chi connectivity index (χ2v) is 7.50. The number of rotatable bonds is 8. The number of nitriles is 1. The van der Waals surface area contributed by atoms with E-state index in [4.69, 9.17) is 11.0 Å². The number of allylic oxidation sites excluding steroid dienone is 2. The van der Waals surface area contributed by atoms with Gasteiger partial charge in [0.2, 0.25) is 0 Å². The van der Waals surface area contributed by atoms with Gasteiger partial charge < -0.3 is 16.2 Å². The SMILES string of the molecule is C=C(/C=C(\C)C1CC1)N/C(=C/C(O)c1ccc(CC#N)cc1)c1ccccc1N. The molecular weight excluding hydrogens is 358 g/mol. The summed E-state index contributed by atoms with van der Waals surface area (Å²) in [6.07, 6.45) is 5.82. The van der Waals surface area contributed by atoms with Gasteiger partial charge in [0, 0.05) is 22.6 Å². The summed E-state index contributed by atoms with van der Waals surface area (Å²) in [5, 5.41) is 22.9. The van der Waals surface area contributed by atoms with Crippen LogP contribution < -0.4 is 11.1 Å². The molecule has 0 aliphatic heterocycles. The van der Waals surface area contributed by atoms with Crippen LogP contribution in [0.25, 0.3) is 5.70 Å². The average Bonchev–Trinajstić information content (AvgIpc) is 3.54. The molecule has 4 heteroatoms. The molecule has 0 radical (unpaired) electrons. The van der Waals surface area contributed by atoms with Crippen LogP contribution in [0.15, 0.2) is 78.5 Å². The summed E-state index contributed by atoms with van der Waals surface area (Å²) in [7, 11) is 0. The van der Waals surface area contributed by atoms with E-state index in [1.54, 1.807) is 6.08 Å². The quantitative estimate of drug-likeness (QED) is 0.447. The van der Waals surface area contributed by atoms with E-state index in [9.17, 15) is 5.11 Å². The van der Waals surface area contributed by atoms with Crippen molar-refractivity contribution in [2.45, 2.75) is 32.3 Å². The van der Waals surface area contributed by atoms with Crippen molar-refractivity contribution < 1.29 is 5.11 Å². The van der Waals surface area contributed by atoms with E-state index in [1.165, 1.54) is 18.4 Å². The summed E-state index contributed by atoms with van der Waals surface area (Å²) >= 11 is 0. The number of nitrogen functional groups attached to an aromatic ring is 1. The molecule has 29 heavy (non-hydrogen) atoms. The maximum Gasteiger partial charge on any atom is 0.0994 e. The lowest BCUT2D eigenvalue weighted by Gasteiger charge is -2.17. The van der Waals surface area contributed by atoms with Crippen molar-refractivity contribution in [3.8, 4) is 6.07 Å². The van der Waals surface area contributed by atoms with E-state index in [1.807, 2.05) is 48.5 Å². The van der Waals surface area contributed by atoms with Crippen molar-refractivity contribution in [1.82, 2.24) is 5.32 Å². The van der Waals surface area contributed by atoms with E-state index < -0.39 is 6.10 Å². The Kier molecular flexibility index (Phi) is 6.54. The Balaban J connectivity index is 1.87. The molecule has 1 saturated carbocycles. The zero-order valence-corrected chi connectivity index (χ0v) is 16.7. The topological polar surface area (TPSA) is 82.1 Å². The van der Waals surface area contributed by atoms with Crippen LogP contribution >= 0.6 is 0 Å². The van der Waals surface area contributed by atoms with Gasteiger partial charge in [-0.3, -0.25) is 0 Å². The highest BCUT2D eigenvalue weighted by molar-refractivity contribution is 5.75. The van der Waals surface area contributed by atoms with Gasteiger partial charge >= 0.3 is 0 Å². The average molecular weight is 386 g/mol. The van der Waals surface area contributed by atoms with Crippen LogP contribution in [0.5, 0.6) is 0 Å². The number of hydrogen-bond donors (Lipinski definition) is 3. The zero-order chi connectivity index (χ0) is 20.8. The zero-order valence-electron chi connectivity index (χ0n) is 16.7. The minimum absolute atomic E-state index is 0.353. The molecule has 0 spiro atoms. The number of aliphatic hydroxyl groups excluding tert-OH is 1. The molecule has 1 aliphatic carbocycles. The summed E-state index contributed by atoms with van der Waals surface area (Å²) in [6.45, 7) is 6.26. The van der Waals surface area contributed by atoms with Gasteiger partial charge in [-0.25, -0.2) is 0 Å². The first kappa shape index (κ1) is 20.4. The third-order valence-corrected chi connectivity index (χ3v) is 5.10. The molecule has 3 rings (SSSR count). The Labute approximate surface area is 172 Å². The van der Waals surface area contributed by atoms with E-state index >= 15 is 0 Å². The third-order valence-electron chi connectivity index (χ3n) is 5.10. The molecule has 0 heterocycles. The molecule has 1 fully saturated rings. The van der Waals surface area contributed by atoms with Crippen molar-refractivity contribution in [3.05, 3.63) is 95.2 Å². The monoisotopic (exact) mass is 385 g/mol. The van der Waals surface area contributed by atoms with Gasteiger partial charge in [0.05, 0.1) is 18.6 Å². The fourth-order valence-corrected chi connectivity index (χ4v) is 3.26. The van der Waals surface area contributed by atoms with Gasteiger partial charge in [-0.05, 0) is 55.0 Å². The summed E-state index contributed by atoms with van der Waals surface area (Å²) in [5.41, 5.74) is 12.1. The van der Waals surface area contributed by atoms with E-state index in [0.29, 0.717) is 23.7 Å². The van der Waals surface area contributed by atoms with E-state index in [-0.39, 0.29) is 0 Å². The Morgan fingerprint density at radius 2 is 1.97 bits per heavy atom. The Hall–Kier alpha value is -3.29. The lowest BCUT2D eigenvalue weighted by atomic mass is 10.0. The maximum atomic E-state index is 10.8. The predicted octanol–water partition coefficient (Wildman–Crippen LogP) is 4.87. The molecule has 2 aromatic rings. The number of nitrogens with two attached hydrogens (primary N) is 1. The number of para-hydroxylation sites is 1. The highest BCUT2D eigenvalue weighted by Gasteiger charge is 2.23. The van der Waals surface area contributed by atoms with Crippen molar-refractivity contribution in [1.29, 1.82) is 5.26 Å². The second-order valence-electron chi connectivity index (χ2n) is 7.50. The van der Waals surface area contributed by atoms with Crippen LogP contribution in [-0.4, -0.2) is 5.11 Å². The Morgan fingerprint density at radius 3 is 2.59 bits per heavy atom. The molecule has 4 nitrogen and oxygen atoms in total. The summed E-state index contributed by atoms with van der Waals surface area (Å²) in [5.74, 6) is 0.667. The van der Waals surface area contributed by atoms with Gasteiger partial charge in [-0.2, -0.15) is 5.26 Å². The number of nitrogens with zero attached hydrogens (tertiary/aromatic N) is 1. The smallest absolute Gasteiger partial charge is 0.0994 e. The fraction of sp³-hybridized carbons (Fsp3) is 0.240. The van der Waals surface area contributed by atoms with Crippen LogP contribution in [0.2, 0.25) is 0 Å². The molecule has 1 aliphatic rings. The first-order chi connectivity index (χ1) is 14.0. The van der Waals surface area contributed by atoms with Gasteiger partial charge in [0.25, 0.3) is 0 Å². The van der Waals surface area contributed by atoms with Gasteiger partial charge in [-0.15, -0.1) is 0 Å². The van der Waals surface area contributed by atoms with Crippen LogP contribution in [0, 0.1) is 17.2 Å². The number of hydrogen-bond acceptors (Lipinski definition) is 4. The fourth-order valence-electron chi connectivity index (χ4n) is 3.26. The summed E-state index contributed by atoms with van der Waals surface area (Å²) < 4.78 is 0. The van der Waals surface area contributed by atoms with Crippen molar-refractivity contribution >= 4 is 11.4 Å². The van der Waals surface area contributed by atoms with Crippen LogP contribution in [0.4, 0.5) is 5.69 Å². The highest BCUT2D eigenvalue weighted by atomic mass is 16.3. The standard InChI is InChI=1S/C25H27N3O/c1-17(20-11-12-20)15-18(2)28-24(22-5-3-4-6-23(22)27)16-25(29)21-9-7-19(8-10-21)13-14-26/h3-10,15-16,20,25,28-29H,2,11-13,27H2,1H3/b17-15+,24-16+. The summed E-state index contributed by atoms with van der Waals surface area (Å²) in [4.78, 5) is 0. The number of aliphatic hydroxyl groups is 1. The highest BCUT2D eigenvalue weighted by Crippen LogP contribution is 2.36. The van der Waals surface area contributed by atoms with Crippen LogP contribution in [0.1, 0.15) is 42.6 Å². The van der Waals surface area contributed by atoms with Gasteiger partial charge in [0.15, 0.2) is 0 Å². The van der Waals surface area contributed by atoms with Crippen LogP contribution in [-0.2, 0) is 6.42 Å². The Bertz CT molecular complexity index is 976. The Morgan fingerprint density at radius 1 is 1.28 bits per heavy atom. The largest absolute Gasteiger partial charge is 0.398 e. The van der Waals surface area contributed by atoms with E-state index in [2.05, 4.69) is 31.0 Å². The second kappa shape index (κ2) is 9.27. The molecule has 2 aromatic carbocycles. The number of nitrogens with one attached hydrogen (secondary N) is 1. The molecular formula is C25H27N3O. The first-order valence-corrected chi connectivity index (χ1v) is 9.82. The predicted molar refractivity (Wildman–Crippen MR) is 118 cm³/mol.